The van der Waals surface area contributed by atoms with Crippen molar-refractivity contribution < 1.29 is 0 Å². The van der Waals surface area contributed by atoms with Crippen LogP contribution < -0.4 is 5.73 Å². The van der Waals surface area contributed by atoms with Gasteiger partial charge in [0.2, 0.25) is 0 Å². The highest BCUT2D eigenvalue weighted by Gasteiger charge is 2.25. The fourth-order valence-electron chi connectivity index (χ4n) is 1.97. The summed E-state index contributed by atoms with van der Waals surface area (Å²) in [5.74, 6) is 0. The third-order valence-electron chi connectivity index (χ3n) is 3.00. The van der Waals surface area contributed by atoms with Crippen LogP contribution in [0.4, 0.5) is 0 Å². The van der Waals surface area contributed by atoms with Crippen LogP contribution in [0.3, 0.4) is 0 Å². The van der Waals surface area contributed by atoms with Gasteiger partial charge in [-0.2, -0.15) is 0 Å². The van der Waals surface area contributed by atoms with E-state index in [4.69, 9.17) is 5.73 Å². The summed E-state index contributed by atoms with van der Waals surface area (Å²) >= 11 is 1.73. The molecule has 1 fully saturated rings. The molecule has 1 saturated heterocycles. The molecular formula is C10H17N3S. The molecule has 2 N–H and O–H groups in total. The summed E-state index contributed by atoms with van der Waals surface area (Å²) in [6.07, 6.45) is 4.25. The summed E-state index contributed by atoms with van der Waals surface area (Å²) in [7, 11) is 0. The van der Waals surface area contributed by atoms with Crippen LogP contribution in [-0.4, -0.2) is 28.5 Å². The Labute approximate surface area is 88.9 Å². The normalized spacial score (nSPS) is 29.3. The minimum Gasteiger partial charge on any atom is -0.326 e. The molecular weight excluding hydrogens is 194 g/mol. The van der Waals surface area contributed by atoms with Gasteiger partial charge in [0, 0.05) is 23.7 Å². The molecule has 0 aliphatic carbocycles. The van der Waals surface area contributed by atoms with Gasteiger partial charge in [-0.05, 0) is 26.3 Å². The molecule has 2 rings (SSSR count). The second kappa shape index (κ2) is 4.38. The standard InChI is InChI=1S/C10H17N3S/c1-8-9(11)3-2-5-13(8)7-10-12-4-6-14-10/h4,6,8-9H,2-3,5,7,11H2,1H3. The summed E-state index contributed by atoms with van der Waals surface area (Å²) < 4.78 is 0. The van der Waals surface area contributed by atoms with E-state index in [1.807, 2.05) is 11.6 Å². The Kier molecular flexibility index (Phi) is 3.15. The molecule has 1 aliphatic rings. The van der Waals surface area contributed by atoms with Crippen LogP contribution in [0, 0.1) is 0 Å². The summed E-state index contributed by atoms with van der Waals surface area (Å²) in [5, 5.41) is 3.23. The fraction of sp³-hybridized carbons (Fsp3) is 0.700. The first-order valence-corrected chi connectivity index (χ1v) is 6.03. The largest absolute Gasteiger partial charge is 0.326 e. The van der Waals surface area contributed by atoms with Gasteiger partial charge in [-0.3, -0.25) is 4.90 Å². The number of nitrogens with zero attached hydrogens (tertiary/aromatic N) is 2. The first kappa shape index (κ1) is 10.1. The Morgan fingerprint density at radius 3 is 3.29 bits per heavy atom. The Balaban J connectivity index is 1.97. The third-order valence-corrected chi connectivity index (χ3v) is 3.76. The van der Waals surface area contributed by atoms with E-state index in [1.165, 1.54) is 11.4 Å². The van der Waals surface area contributed by atoms with Gasteiger partial charge in [-0.25, -0.2) is 4.98 Å². The molecule has 78 valence electrons. The molecule has 0 amide bonds. The quantitative estimate of drug-likeness (QED) is 0.805. The number of likely N-dealkylation sites (tertiary alicyclic amines) is 1. The lowest BCUT2D eigenvalue weighted by molar-refractivity contribution is 0.133. The van der Waals surface area contributed by atoms with Gasteiger partial charge < -0.3 is 5.73 Å². The van der Waals surface area contributed by atoms with Crippen LogP contribution >= 0.6 is 11.3 Å². The number of aromatic nitrogens is 1. The molecule has 2 unspecified atom stereocenters. The molecule has 0 saturated carbocycles. The van der Waals surface area contributed by atoms with Crippen molar-refractivity contribution in [1.29, 1.82) is 0 Å². The first-order chi connectivity index (χ1) is 6.77. The van der Waals surface area contributed by atoms with Crippen LogP contribution in [0.25, 0.3) is 0 Å². The molecule has 0 aromatic carbocycles. The minimum atomic E-state index is 0.337. The highest BCUT2D eigenvalue weighted by molar-refractivity contribution is 7.09. The van der Waals surface area contributed by atoms with E-state index in [1.54, 1.807) is 11.3 Å². The maximum absolute atomic E-state index is 6.04. The fourth-order valence-corrected chi connectivity index (χ4v) is 2.61. The lowest BCUT2D eigenvalue weighted by atomic mass is 9.99. The predicted molar refractivity (Wildman–Crippen MR) is 59.2 cm³/mol. The summed E-state index contributed by atoms with van der Waals surface area (Å²) in [6, 6.07) is 0.830. The second-order valence-corrected chi connectivity index (χ2v) is 4.92. The lowest BCUT2D eigenvalue weighted by Crippen LogP contribution is -2.49. The number of rotatable bonds is 2. The summed E-state index contributed by atoms with van der Waals surface area (Å²) in [6.45, 7) is 4.35. The highest BCUT2D eigenvalue weighted by Crippen LogP contribution is 2.19. The molecule has 1 aromatic heterocycles. The SMILES string of the molecule is CC1C(N)CCCN1Cc1nccs1. The number of hydrogen-bond acceptors (Lipinski definition) is 4. The number of nitrogens with two attached hydrogens (primary N) is 1. The van der Waals surface area contributed by atoms with Crippen molar-refractivity contribution in [2.75, 3.05) is 6.54 Å². The van der Waals surface area contributed by atoms with Gasteiger partial charge in [-0.1, -0.05) is 0 Å². The Bertz CT molecular complexity index is 273. The van der Waals surface area contributed by atoms with Crippen molar-refractivity contribution >= 4 is 11.3 Å². The van der Waals surface area contributed by atoms with Crippen LogP contribution in [0.5, 0.6) is 0 Å². The van der Waals surface area contributed by atoms with Crippen LogP contribution in [0.15, 0.2) is 11.6 Å². The Morgan fingerprint density at radius 2 is 2.57 bits per heavy atom. The van der Waals surface area contributed by atoms with Crippen molar-refractivity contribution in [3.63, 3.8) is 0 Å². The molecule has 0 bridgehead atoms. The van der Waals surface area contributed by atoms with Crippen molar-refractivity contribution in [3.05, 3.63) is 16.6 Å². The number of piperidine rings is 1. The maximum atomic E-state index is 6.04. The van der Waals surface area contributed by atoms with Gasteiger partial charge in [0.1, 0.15) is 5.01 Å². The van der Waals surface area contributed by atoms with E-state index in [-0.39, 0.29) is 0 Å². The Hall–Kier alpha value is -0.450. The van der Waals surface area contributed by atoms with E-state index in [0.717, 1.165) is 19.5 Å². The number of hydrogen-bond donors (Lipinski definition) is 1. The Morgan fingerprint density at radius 1 is 1.71 bits per heavy atom. The molecule has 3 nitrogen and oxygen atoms in total. The van der Waals surface area contributed by atoms with Crippen LogP contribution in [0.1, 0.15) is 24.8 Å². The number of thiazole rings is 1. The zero-order valence-electron chi connectivity index (χ0n) is 8.52. The smallest absolute Gasteiger partial charge is 0.107 e. The van der Waals surface area contributed by atoms with Crippen molar-refractivity contribution in [2.24, 2.45) is 5.73 Å². The lowest BCUT2D eigenvalue weighted by Gasteiger charge is -2.37. The average molecular weight is 211 g/mol. The third kappa shape index (κ3) is 2.13. The second-order valence-electron chi connectivity index (χ2n) is 3.94. The van der Waals surface area contributed by atoms with E-state index in [9.17, 15) is 0 Å². The van der Waals surface area contributed by atoms with E-state index >= 15 is 0 Å². The first-order valence-electron chi connectivity index (χ1n) is 5.15. The van der Waals surface area contributed by atoms with Crippen molar-refractivity contribution in [3.8, 4) is 0 Å². The zero-order valence-corrected chi connectivity index (χ0v) is 9.33. The van der Waals surface area contributed by atoms with Gasteiger partial charge in [0.15, 0.2) is 0 Å². The predicted octanol–water partition coefficient (Wildman–Crippen LogP) is 1.45. The topological polar surface area (TPSA) is 42.1 Å². The van der Waals surface area contributed by atoms with E-state index in [0.29, 0.717) is 12.1 Å². The molecule has 4 heteroatoms. The van der Waals surface area contributed by atoms with Crippen LogP contribution in [0.2, 0.25) is 0 Å². The monoisotopic (exact) mass is 211 g/mol. The van der Waals surface area contributed by atoms with E-state index in [2.05, 4.69) is 16.8 Å². The molecule has 1 aliphatic heterocycles. The minimum absolute atomic E-state index is 0.337. The zero-order chi connectivity index (χ0) is 9.97. The molecule has 0 radical (unpaired) electrons. The molecule has 0 spiro atoms. The van der Waals surface area contributed by atoms with Gasteiger partial charge >= 0.3 is 0 Å². The van der Waals surface area contributed by atoms with Crippen molar-refractivity contribution in [1.82, 2.24) is 9.88 Å². The molecule has 2 heterocycles. The maximum Gasteiger partial charge on any atom is 0.107 e. The van der Waals surface area contributed by atoms with E-state index < -0.39 is 0 Å². The van der Waals surface area contributed by atoms with Gasteiger partial charge in [0.05, 0.1) is 6.54 Å². The van der Waals surface area contributed by atoms with Gasteiger partial charge in [0.25, 0.3) is 0 Å². The molecule has 14 heavy (non-hydrogen) atoms. The van der Waals surface area contributed by atoms with Gasteiger partial charge in [-0.15, -0.1) is 11.3 Å². The molecule has 2 atom stereocenters. The molecule has 1 aromatic rings. The summed E-state index contributed by atoms with van der Waals surface area (Å²) in [5.41, 5.74) is 6.04. The average Bonchev–Trinajstić information content (AvgIpc) is 2.66. The highest BCUT2D eigenvalue weighted by atomic mass is 32.1. The van der Waals surface area contributed by atoms with Crippen molar-refractivity contribution in [2.45, 2.75) is 38.4 Å². The summed E-state index contributed by atoms with van der Waals surface area (Å²) in [4.78, 5) is 6.74. The van der Waals surface area contributed by atoms with Crippen LogP contribution in [-0.2, 0) is 6.54 Å².